The van der Waals surface area contributed by atoms with Crippen molar-refractivity contribution in [2.45, 2.75) is 52.5 Å². The lowest BCUT2D eigenvalue weighted by Crippen LogP contribution is -2.37. The fraction of sp³-hybridized carbons (Fsp3) is 0.714. The summed E-state index contributed by atoms with van der Waals surface area (Å²) in [6, 6.07) is 0. The highest BCUT2D eigenvalue weighted by Gasteiger charge is 2.24. The lowest BCUT2D eigenvalue weighted by atomic mass is 9.95. The van der Waals surface area contributed by atoms with Crippen molar-refractivity contribution in [3.05, 3.63) is 16.5 Å². The minimum atomic E-state index is -0.216. The third-order valence-corrected chi connectivity index (χ3v) is 3.09. The van der Waals surface area contributed by atoms with E-state index in [9.17, 15) is 0 Å². The Bertz CT molecular complexity index is 453. The van der Waals surface area contributed by atoms with Crippen LogP contribution >= 0.6 is 11.6 Å². The number of rotatable bonds is 4. The molecule has 5 heteroatoms. The number of hydrogen-bond acceptors (Lipinski definition) is 4. The summed E-state index contributed by atoms with van der Waals surface area (Å²) in [4.78, 5) is 8.97. The van der Waals surface area contributed by atoms with E-state index in [1.165, 1.54) is 0 Å². The molecule has 1 N–H and O–H groups in total. The molecule has 4 nitrogen and oxygen atoms in total. The maximum absolute atomic E-state index is 6.21. The normalized spacial score (nSPS) is 12.6. The van der Waals surface area contributed by atoms with Gasteiger partial charge in [-0.2, -0.15) is 0 Å². The van der Waals surface area contributed by atoms with Crippen molar-refractivity contribution >= 4 is 17.4 Å². The number of nitrogens with one attached hydrogen (secondary N) is 1. The van der Waals surface area contributed by atoms with Crippen molar-refractivity contribution in [1.29, 1.82) is 0 Å². The first-order valence-electron chi connectivity index (χ1n) is 6.38. The molecule has 0 saturated carbocycles. The quantitative estimate of drug-likeness (QED) is 0.859. The number of aromatic nitrogens is 2. The smallest absolute Gasteiger partial charge is 0.137 e. The Morgan fingerprint density at radius 2 is 1.74 bits per heavy atom. The second-order valence-corrected chi connectivity index (χ2v) is 6.86. The molecule has 0 atom stereocenters. The predicted octanol–water partition coefficient (Wildman–Crippen LogP) is 3.57. The van der Waals surface area contributed by atoms with Gasteiger partial charge in [0.1, 0.15) is 16.8 Å². The van der Waals surface area contributed by atoms with Gasteiger partial charge in [0.2, 0.25) is 0 Å². The molecule has 0 unspecified atom stereocenters. The highest BCUT2D eigenvalue weighted by Crippen LogP contribution is 2.27. The molecule has 0 aliphatic carbocycles. The zero-order valence-corrected chi connectivity index (χ0v) is 13.6. The standard InChI is InChI=1S/C14H24ClN3O/c1-9-10(15)16-12(13(2,3)4)17-11(9)18-14(5,6)8-19-7/h8H2,1-7H3,(H,16,17,18). The summed E-state index contributed by atoms with van der Waals surface area (Å²) in [5, 5.41) is 3.88. The molecule has 0 bridgehead atoms. The Morgan fingerprint density at radius 3 is 2.21 bits per heavy atom. The van der Waals surface area contributed by atoms with Crippen molar-refractivity contribution in [3.63, 3.8) is 0 Å². The molecule has 1 heterocycles. The minimum absolute atomic E-state index is 0.140. The Labute approximate surface area is 120 Å². The molecule has 1 aromatic rings. The molecule has 19 heavy (non-hydrogen) atoms. The predicted molar refractivity (Wildman–Crippen MR) is 80.1 cm³/mol. The van der Waals surface area contributed by atoms with E-state index in [-0.39, 0.29) is 11.0 Å². The van der Waals surface area contributed by atoms with Crippen LogP contribution in [0, 0.1) is 6.92 Å². The summed E-state index contributed by atoms with van der Waals surface area (Å²) >= 11 is 6.21. The van der Waals surface area contributed by atoms with E-state index < -0.39 is 0 Å². The Balaban J connectivity index is 3.17. The average Bonchev–Trinajstić information content (AvgIpc) is 2.22. The van der Waals surface area contributed by atoms with Crippen LogP contribution in [0.15, 0.2) is 0 Å². The van der Waals surface area contributed by atoms with Crippen molar-refractivity contribution in [2.75, 3.05) is 19.0 Å². The van der Waals surface area contributed by atoms with Crippen LogP contribution in [0.4, 0.5) is 5.82 Å². The average molecular weight is 286 g/mol. The number of halogens is 1. The van der Waals surface area contributed by atoms with Crippen LogP contribution in [0.1, 0.15) is 46.0 Å². The summed E-state index contributed by atoms with van der Waals surface area (Å²) < 4.78 is 5.21. The van der Waals surface area contributed by atoms with E-state index in [0.29, 0.717) is 11.8 Å². The number of ether oxygens (including phenoxy) is 1. The van der Waals surface area contributed by atoms with Crippen molar-refractivity contribution in [3.8, 4) is 0 Å². The van der Waals surface area contributed by atoms with E-state index in [4.69, 9.17) is 16.3 Å². The van der Waals surface area contributed by atoms with Crippen LogP contribution in [0.25, 0.3) is 0 Å². The molecule has 1 aromatic heterocycles. The summed E-state index contributed by atoms with van der Waals surface area (Å²) in [5.74, 6) is 1.51. The van der Waals surface area contributed by atoms with Gasteiger partial charge in [-0.25, -0.2) is 9.97 Å². The molecule has 0 radical (unpaired) electrons. The topological polar surface area (TPSA) is 47.0 Å². The van der Waals surface area contributed by atoms with Gasteiger partial charge in [-0.1, -0.05) is 32.4 Å². The van der Waals surface area contributed by atoms with Gasteiger partial charge in [0, 0.05) is 18.1 Å². The molecule has 0 aromatic carbocycles. The van der Waals surface area contributed by atoms with Crippen LogP contribution in [0.5, 0.6) is 0 Å². The Kier molecular flexibility index (Phi) is 4.80. The summed E-state index contributed by atoms with van der Waals surface area (Å²) in [6.07, 6.45) is 0. The Morgan fingerprint density at radius 1 is 1.16 bits per heavy atom. The summed E-state index contributed by atoms with van der Waals surface area (Å²) in [6.45, 7) is 12.8. The third kappa shape index (κ3) is 4.32. The first-order chi connectivity index (χ1) is 8.57. The zero-order chi connectivity index (χ0) is 14.8. The molecule has 0 amide bonds. The second-order valence-electron chi connectivity index (χ2n) is 6.50. The van der Waals surface area contributed by atoms with E-state index in [1.54, 1.807) is 7.11 Å². The van der Waals surface area contributed by atoms with E-state index in [1.807, 2.05) is 6.92 Å². The van der Waals surface area contributed by atoms with Crippen LogP contribution < -0.4 is 5.32 Å². The SMILES string of the molecule is COCC(C)(C)Nc1nc(C(C)(C)C)nc(Cl)c1C. The molecule has 108 valence electrons. The fourth-order valence-corrected chi connectivity index (χ4v) is 1.83. The molecular formula is C14H24ClN3O. The summed E-state index contributed by atoms with van der Waals surface area (Å²) in [7, 11) is 1.68. The monoisotopic (exact) mass is 285 g/mol. The van der Waals surface area contributed by atoms with Gasteiger partial charge in [-0.05, 0) is 20.8 Å². The van der Waals surface area contributed by atoms with E-state index in [0.717, 1.165) is 17.2 Å². The molecule has 0 fully saturated rings. The molecule has 0 spiro atoms. The van der Waals surface area contributed by atoms with Crippen LogP contribution in [-0.4, -0.2) is 29.2 Å². The highest BCUT2D eigenvalue weighted by atomic mass is 35.5. The Hall–Kier alpha value is -0.870. The molecule has 0 aliphatic heterocycles. The van der Waals surface area contributed by atoms with Gasteiger partial charge < -0.3 is 10.1 Å². The first-order valence-corrected chi connectivity index (χ1v) is 6.76. The molecular weight excluding hydrogens is 262 g/mol. The largest absolute Gasteiger partial charge is 0.382 e. The van der Waals surface area contributed by atoms with Gasteiger partial charge in [0.25, 0.3) is 0 Å². The molecule has 1 rings (SSSR count). The maximum atomic E-state index is 6.21. The van der Waals surface area contributed by atoms with Gasteiger partial charge in [-0.15, -0.1) is 0 Å². The van der Waals surface area contributed by atoms with E-state index >= 15 is 0 Å². The number of methoxy groups -OCH3 is 1. The van der Waals surface area contributed by atoms with Crippen LogP contribution in [0.3, 0.4) is 0 Å². The number of nitrogens with zero attached hydrogens (tertiary/aromatic N) is 2. The van der Waals surface area contributed by atoms with Gasteiger partial charge >= 0.3 is 0 Å². The van der Waals surface area contributed by atoms with Crippen LogP contribution in [-0.2, 0) is 10.2 Å². The van der Waals surface area contributed by atoms with Crippen molar-refractivity contribution in [1.82, 2.24) is 9.97 Å². The summed E-state index contributed by atoms with van der Waals surface area (Å²) in [5.41, 5.74) is 0.504. The molecule has 0 saturated heterocycles. The second kappa shape index (κ2) is 5.63. The zero-order valence-electron chi connectivity index (χ0n) is 12.9. The minimum Gasteiger partial charge on any atom is -0.382 e. The first kappa shape index (κ1) is 16.2. The maximum Gasteiger partial charge on any atom is 0.137 e. The lowest BCUT2D eigenvalue weighted by molar-refractivity contribution is 0.158. The van der Waals surface area contributed by atoms with Crippen molar-refractivity contribution in [2.24, 2.45) is 0 Å². The van der Waals surface area contributed by atoms with Crippen LogP contribution in [0.2, 0.25) is 5.15 Å². The third-order valence-electron chi connectivity index (χ3n) is 2.72. The fourth-order valence-electron chi connectivity index (χ4n) is 1.66. The highest BCUT2D eigenvalue weighted by molar-refractivity contribution is 6.30. The van der Waals surface area contributed by atoms with Gasteiger partial charge in [-0.3, -0.25) is 0 Å². The molecule has 0 aliphatic rings. The van der Waals surface area contributed by atoms with Gasteiger partial charge in [0.05, 0.1) is 12.1 Å². The van der Waals surface area contributed by atoms with Crippen molar-refractivity contribution < 1.29 is 4.74 Å². The lowest BCUT2D eigenvalue weighted by Gasteiger charge is -2.28. The van der Waals surface area contributed by atoms with Gasteiger partial charge in [0.15, 0.2) is 0 Å². The number of anilines is 1. The number of hydrogen-bond donors (Lipinski definition) is 1. The van der Waals surface area contributed by atoms with E-state index in [2.05, 4.69) is 49.9 Å².